The highest BCUT2D eigenvalue weighted by atomic mass is 32.2. The molecule has 1 amide bonds. The van der Waals surface area contributed by atoms with Crippen LogP contribution in [0.25, 0.3) is 0 Å². The van der Waals surface area contributed by atoms with Crippen LogP contribution in [0.15, 0.2) is 30.3 Å². The Balaban J connectivity index is 1.60. The van der Waals surface area contributed by atoms with E-state index >= 15 is 0 Å². The van der Waals surface area contributed by atoms with Crippen LogP contribution in [0, 0.1) is 11.8 Å². The summed E-state index contributed by atoms with van der Waals surface area (Å²) in [6.45, 7) is 1.36. The number of nitrogens with two attached hydrogens (primary N) is 1. The summed E-state index contributed by atoms with van der Waals surface area (Å²) in [6.07, 6.45) is 4.58. The number of piperidine rings is 1. The van der Waals surface area contributed by atoms with Gasteiger partial charge in [-0.3, -0.25) is 4.79 Å². The lowest BCUT2D eigenvalue weighted by atomic mass is 9.97. The number of nitrogens with zero attached hydrogens (tertiary/aromatic N) is 1. The molecule has 3 rings (SSSR count). The van der Waals surface area contributed by atoms with Crippen LogP contribution < -0.4 is 11.1 Å². The lowest BCUT2D eigenvalue weighted by molar-refractivity contribution is -0.127. The molecule has 2 aliphatic rings. The Hall–Kier alpha value is -1.44. The molecule has 0 bridgehead atoms. The van der Waals surface area contributed by atoms with Crippen molar-refractivity contribution in [3.05, 3.63) is 35.9 Å². The first kappa shape index (κ1) is 19.3. The molecule has 1 aliphatic carbocycles. The van der Waals surface area contributed by atoms with Crippen LogP contribution in [-0.2, 0) is 20.6 Å². The predicted molar refractivity (Wildman–Crippen MR) is 102 cm³/mol. The van der Waals surface area contributed by atoms with Gasteiger partial charge in [-0.25, -0.2) is 12.7 Å². The van der Waals surface area contributed by atoms with E-state index in [1.54, 1.807) is 0 Å². The molecule has 1 heterocycles. The number of carbonyl (C=O) groups is 1. The van der Waals surface area contributed by atoms with Crippen molar-refractivity contribution in [2.75, 3.05) is 19.6 Å². The van der Waals surface area contributed by atoms with Crippen molar-refractivity contribution in [2.45, 2.75) is 43.9 Å². The largest absolute Gasteiger partial charge is 0.353 e. The Bertz CT molecular complexity index is 708. The van der Waals surface area contributed by atoms with Gasteiger partial charge in [-0.15, -0.1) is 0 Å². The molecule has 0 spiro atoms. The second-order valence-corrected chi connectivity index (χ2v) is 9.45. The average molecular weight is 380 g/mol. The highest BCUT2D eigenvalue weighted by molar-refractivity contribution is 7.88. The van der Waals surface area contributed by atoms with Gasteiger partial charge in [-0.1, -0.05) is 36.8 Å². The lowest BCUT2D eigenvalue weighted by Crippen LogP contribution is -2.49. The van der Waals surface area contributed by atoms with Gasteiger partial charge >= 0.3 is 0 Å². The molecule has 1 saturated carbocycles. The highest BCUT2D eigenvalue weighted by Crippen LogP contribution is 2.26. The maximum absolute atomic E-state index is 12.7. The van der Waals surface area contributed by atoms with Gasteiger partial charge in [0.2, 0.25) is 15.9 Å². The van der Waals surface area contributed by atoms with E-state index in [4.69, 9.17) is 5.73 Å². The van der Waals surface area contributed by atoms with Crippen LogP contribution in [0.2, 0.25) is 0 Å². The Morgan fingerprint density at radius 2 is 1.92 bits per heavy atom. The summed E-state index contributed by atoms with van der Waals surface area (Å²) in [5, 5.41) is 3.13. The Morgan fingerprint density at radius 1 is 1.15 bits per heavy atom. The quantitative estimate of drug-likeness (QED) is 0.783. The molecule has 7 heteroatoms. The average Bonchev–Trinajstić information content (AvgIpc) is 3.09. The smallest absolute Gasteiger partial charge is 0.224 e. The SMILES string of the molecule is NCC1CCCC1NC(=O)C1CCCN(S(=O)(=O)Cc2ccccc2)C1. The number of carbonyl (C=O) groups excluding carboxylic acids is 1. The zero-order valence-corrected chi connectivity index (χ0v) is 16.0. The number of hydrogen-bond donors (Lipinski definition) is 2. The molecule has 1 aliphatic heterocycles. The lowest BCUT2D eigenvalue weighted by Gasteiger charge is -2.32. The molecule has 3 unspecified atom stereocenters. The van der Waals surface area contributed by atoms with Crippen LogP contribution in [-0.4, -0.2) is 44.3 Å². The van der Waals surface area contributed by atoms with Crippen molar-refractivity contribution < 1.29 is 13.2 Å². The summed E-state index contributed by atoms with van der Waals surface area (Å²) in [6, 6.07) is 9.33. The topological polar surface area (TPSA) is 92.5 Å². The molecule has 0 radical (unpaired) electrons. The van der Waals surface area contributed by atoms with Gasteiger partial charge in [0.15, 0.2) is 0 Å². The Morgan fingerprint density at radius 3 is 2.65 bits per heavy atom. The monoisotopic (exact) mass is 379 g/mol. The number of hydrogen-bond acceptors (Lipinski definition) is 4. The molecule has 144 valence electrons. The first-order valence-corrected chi connectivity index (χ1v) is 11.1. The molecular formula is C19H29N3O3S. The summed E-state index contributed by atoms with van der Waals surface area (Å²) < 4.78 is 27.0. The van der Waals surface area contributed by atoms with Gasteiger partial charge < -0.3 is 11.1 Å². The zero-order valence-electron chi connectivity index (χ0n) is 15.1. The van der Waals surface area contributed by atoms with Crippen LogP contribution in [0.5, 0.6) is 0 Å². The van der Waals surface area contributed by atoms with Crippen molar-refractivity contribution in [3.8, 4) is 0 Å². The van der Waals surface area contributed by atoms with Crippen molar-refractivity contribution >= 4 is 15.9 Å². The molecule has 1 aromatic carbocycles. The van der Waals surface area contributed by atoms with Crippen molar-refractivity contribution in [1.29, 1.82) is 0 Å². The molecule has 2 fully saturated rings. The standard InChI is InChI=1S/C19H29N3O3S/c20-12-16-8-4-10-18(16)21-19(23)17-9-5-11-22(13-17)26(24,25)14-15-6-2-1-3-7-15/h1-3,6-7,16-18H,4-5,8-14,20H2,(H,21,23). The molecule has 26 heavy (non-hydrogen) atoms. The minimum absolute atomic E-state index is 0.0138. The summed E-state index contributed by atoms with van der Waals surface area (Å²) in [7, 11) is -3.41. The minimum Gasteiger partial charge on any atom is -0.353 e. The Kier molecular flexibility index (Phi) is 6.32. The van der Waals surface area contributed by atoms with Crippen LogP contribution in [0.3, 0.4) is 0 Å². The van der Waals surface area contributed by atoms with Crippen molar-refractivity contribution in [3.63, 3.8) is 0 Å². The zero-order chi connectivity index (χ0) is 18.6. The fourth-order valence-corrected chi connectivity index (χ4v) is 5.71. The van der Waals surface area contributed by atoms with Gasteiger partial charge in [0, 0.05) is 19.1 Å². The van der Waals surface area contributed by atoms with Gasteiger partial charge in [-0.05, 0) is 43.7 Å². The molecule has 3 atom stereocenters. The van der Waals surface area contributed by atoms with Gasteiger partial charge in [0.25, 0.3) is 0 Å². The number of rotatable bonds is 6. The fourth-order valence-electron chi connectivity index (χ4n) is 4.09. The van der Waals surface area contributed by atoms with Crippen LogP contribution in [0.4, 0.5) is 0 Å². The first-order chi connectivity index (χ1) is 12.5. The summed E-state index contributed by atoms with van der Waals surface area (Å²) in [4.78, 5) is 12.7. The predicted octanol–water partition coefficient (Wildman–Crippen LogP) is 1.47. The number of nitrogens with one attached hydrogen (secondary N) is 1. The van der Waals surface area contributed by atoms with E-state index in [0.29, 0.717) is 19.0 Å². The van der Waals surface area contributed by atoms with E-state index in [1.807, 2.05) is 30.3 Å². The van der Waals surface area contributed by atoms with Crippen LogP contribution >= 0.6 is 0 Å². The third kappa shape index (κ3) is 4.64. The summed E-state index contributed by atoms with van der Waals surface area (Å²) >= 11 is 0. The van der Waals surface area contributed by atoms with Crippen LogP contribution in [0.1, 0.15) is 37.7 Å². The molecule has 6 nitrogen and oxygen atoms in total. The third-order valence-electron chi connectivity index (χ3n) is 5.63. The second kappa shape index (κ2) is 8.50. The second-order valence-electron chi connectivity index (χ2n) is 7.48. The van der Waals surface area contributed by atoms with Gasteiger partial charge in [0.05, 0.1) is 11.7 Å². The Labute approximate surface area is 156 Å². The maximum Gasteiger partial charge on any atom is 0.224 e. The minimum atomic E-state index is -3.41. The summed E-state index contributed by atoms with van der Waals surface area (Å²) in [5.41, 5.74) is 6.57. The van der Waals surface area contributed by atoms with E-state index in [1.165, 1.54) is 4.31 Å². The van der Waals surface area contributed by atoms with Crippen molar-refractivity contribution in [1.82, 2.24) is 9.62 Å². The maximum atomic E-state index is 12.7. The molecular weight excluding hydrogens is 350 g/mol. The van der Waals surface area contributed by atoms with Gasteiger partial charge in [-0.2, -0.15) is 0 Å². The van der Waals surface area contributed by atoms with Crippen molar-refractivity contribution in [2.24, 2.45) is 17.6 Å². The molecule has 0 aromatic heterocycles. The van der Waals surface area contributed by atoms with Gasteiger partial charge in [0.1, 0.15) is 0 Å². The van der Waals surface area contributed by atoms with E-state index in [2.05, 4.69) is 5.32 Å². The number of sulfonamides is 1. The third-order valence-corrected chi connectivity index (χ3v) is 7.45. The summed E-state index contributed by atoms with van der Waals surface area (Å²) in [5.74, 6) is 0.0452. The highest BCUT2D eigenvalue weighted by Gasteiger charge is 2.34. The van der Waals surface area contributed by atoms with E-state index in [0.717, 1.165) is 37.7 Å². The molecule has 3 N–H and O–H groups in total. The number of benzene rings is 1. The molecule has 1 saturated heterocycles. The van der Waals surface area contributed by atoms with E-state index in [-0.39, 0.29) is 30.2 Å². The van der Waals surface area contributed by atoms with E-state index < -0.39 is 10.0 Å². The molecule has 1 aromatic rings. The number of amides is 1. The van der Waals surface area contributed by atoms with E-state index in [9.17, 15) is 13.2 Å². The first-order valence-electron chi connectivity index (χ1n) is 9.52. The fraction of sp³-hybridized carbons (Fsp3) is 0.632. The normalized spacial score (nSPS) is 27.3.